The Labute approximate surface area is 113 Å². The van der Waals surface area contributed by atoms with E-state index in [-0.39, 0.29) is 0 Å². The van der Waals surface area contributed by atoms with Gasteiger partial charge in [0.2, 0.25) is 0 Å². The molecular formula is C12H27ClPPd. The van der Waals surface area contributed by atoms with Gasteiger partial charge in [-0.25, -0.2) is 0 Å². The molecule has 0 aromatic heterocycles. The summed E-state index contributed by atoms with van der Waals surface area (Å²) in [6, 6.07) is 0. The molecule has 0 aliphatic rings. The molecule has 0 aromatic carbocycles. The molecule has 0 aliphatic carbocycles. The quantitative estimate of drug-likeness (QED) is 0.380. The van der Waals surface area contributed by atoms with Gasteiger partial charge in [0, 0.05) is 0 Å². The van der Waals surface area contributed by atoms with Gasteiger partial charge < -0.3 is 0 Å². The summed E-state index contributed by atoms with van der Waals surface area (Å²) >= 11 is 2.22. The van der Waals surface area contributed by atoms with Crippen LogP contribution in [0.25, 0.3) is 0 Å². The number of hydrogen-bond donors (Lipinski definition) is 0. The van der Waals surface area contributed by atoms with Crippen LogP contribution in [0.5, 0.6) is 0 Å². The average molecular weight is 344 g/mol. The molecule has 0 spiro atoms. The van der Waals surface area contributed by atoms with E-state index in [1.807, 2.05) is 0 Å². The van der Waals surface area contributed by atoms with Crippen LogP contribution in [0.1, 0.15) is 59.3 Å². The van der Waals surface area contributed by atoms with E-state index >= 15 is 0 Å². The molecule has 0 atom stereocenters. The molecule has 0 nitrogen and oxygen atoms in total. The van der Waals surface area contributed by atoms with Crippen molar-refractivity contribution in [3.63, 3.8) is 0 Å². The molecule has 0 saturated heterocycles. The standard InChI is InChI=1S/C12H27P.ClH.Pd/c1-4-7-10-13(11-8-5-2)12-9-6-3;;/h4-12H2,1-3H3;1H;/q;;+1/p-1. The molecule has 0 heterocycles. The van der Waals surface area contributed by atoms with E-state index in [4.69, 9.17) is 0 Å². The Morgan fingerprint density at radius 1 is 0.733 bits per heavy atom. The van der Waals surface area contributed by atoms with Crippen LogP contribution in [0, 0.1) is 0 Å². The van der Waals surface area contributed by atoms with Gasteiger partial charge in [0.25, 0.3) is 0 Å². The average Bonchev–Trinajstić information content (AvgIpc) is 2.31. The molecule has 0 aliphatic heterocycles. The summed E-state index contributed by atoms with van der Waals surface area (Å²) in [5.74, 6) is 0. The monoisotopic (exact) mass is 343 g/mol. The Balaban J connectivity index is 0. The van der Waals surface area contributed by atoms with E-state index in [2.05, 4.69) is 48.5 Å². The van der Waals surface area contributed by atoms with Gasteiger partial charge in [-0.05, 0) is 37.7 Å². The maximum absolute atomic E-state index is 4.49. The second-order valence-corrected chi connectivity index (χ2v) is 6.59. The van der Waals surface area contributed by atoms with Gasteiger partial charge in [0.05, 0.1) is 0 Å². The Hall–Kier alpha value is 1.38. The zero-order valence-corrected chi connectivity index (χ0v) is 13.7. The van der Waals surface area contributed by atoms with Crippen molar-refractivity contribution in [3.05, 3.63) is 0 Å². The predicted octanol–water partition coefficient (Wildman–Crippen LogP) is 5.56. The summed E-state index contributed by atoms with van der Waals surface area (Å²) in [5, 5.41) is 0. The van der Waals surface area contributed by atoms with Gasteiger partial charge in [-0.1, -0.05) is 40.0 Å². The molecule has 97 valence electrons. The predicted molar refractivity (Wildman–Crippen MR) is 72.1 cm³/mol. The van der Waals surface area contributed by atoms with Gasteiger partial charge in [0.1, 0.15) is 0 Å². The molecule has 0 bridgehead atoms. The molecule has 0 saturated carbocycles. The Morgan fingerprint density at radius 2 is 1.00 bits per heavy atom. The van der Waals surface area contributed by atoms with Crippen molar-refractivity contribution in [1.29, 1.82) is 0 Å². The summed E-state index contributed by atoms with van der Waals surface area (Å²) in [7, 11) is 4.91. The minimum absolute atomic E-state index is 0.422. The second kappa shape index (κ2) is 17.8. The first kappa shape index (κ1) is 18.7. The SMILES string of the molecule is CCCCP(CCCC)CCCC.[Cl][Pd]. The fourth-order valence-electron chi connectivity index (χ4n) is 1.48. The summed E-state index contributed by atoms with van der Waals surface area (Å²) in [5.41, 5.74) is 0. The Bertz CT molecular complexity index is 82.6. The van der Waals surface area contributed by atoms with Crippen LogP contribution in [0.4, 0.5) is 0 Å². The van der Waals surface area contributed by atoms with Crippen molar-refractivity contribution in [2.24, 2.45) is 0 Å². The van der Waals surface area contributed by atoms with Crippen molar-refractivity contribution in [2.45, 2.75) is 59.3 Å². The first-order valence-corrected chi connectivity index (χ1v) is 10.1. The van der Waals surface area contributed by atoms with Gasteiger partial charge in [-0.15, -0.1) is 7.92 Å². The molecule has 0 aromatic rings. The van der Waals surface area contributed by atoms with E-state index in [0.29, 0.717) is 7.92 Å². The summed E-state index contributed by atoms with van der Waals surface area (Å²) in [6.45, 7) is 6.94. The summed E-state index contributed by atoms with van der Waals surface area (Å²) in [4.78, 5) is 0. The number of hydrogen-bond acceptors (Lipinski definition) is 0. The number of halogens is 1. The van der Waals surface area contributed by atoms with Gasteiger partial charge >= 0.3 is 27.7 Å². The van der Waals surface area contributed by atoms with Crippen molar-refractivity contribution in [3.8, 4) is 0 Å². The van der Waals surface area contributed by atoms with Crippen molar-refractivity contribution in [2.75, 3.05) is 18.5 Å². The molecular weight excluding hydrogens is 317 g/mol. The van der Waals surface area contributed by atoms with Gasteiger partial charge in [0.15, 0.2) is 0 Å². The Kier molecular flexibility index (Phi) is 22.2. The van der Waals surface area contributed by atoms with Crippen LogP contribution < -0.4 is 0 Å². The molecule has 0 unspecified atom stereocenters. The molecule has 3 heteroatoms. The zero-order chi connectivity index (χ0) is 11.9. The topological polar surface area (TPSA) is 0 Å². The normalized spacial score (nSPS) is 10.1. The fourth-order valence-corrected chi connectivity index (χ4v) is 4.44. The molecule has 0 rings (SSSR count). The van der Waals surface area contributed by atoms with Crippen LogP contribution in [-0.2, 0) is 18.2 Å². The fraction of sp³-hybridized carbons (Fsp3) is 1.00. The minimum atomic E-state index is 0.422. The zero-order valence-electron chi connectivity index (χ0n) is 10.5. The first-order valence-electron chi connectivity index (χ1n) is 6.19. The van der Waals surface area contributed by atoms with Crippen molar-refractivity contribution < 1.29 is 18.2 Å². The van der Waals surface area contributed by atoms with E-state index in [1.54, 1.807) is 18.5 Å². The van der Waals surface area contributed by atoms with Crippen LogP contribution >= 0.6 is 17.5 Å². The third-order valence-corrected chi connectivity index (χ3v) is 5.33. The van der Waals surface area contributed by atoms with Crippen LogP contribution in [0.3, 0.4) is 0 Å². The maximum atomic E-state index is 4.49. The molecule has 0 N–H and O–H groups in total. The first-order chi connectivity index (χ1) is 7.35. The summed E-state index contributed by atoms with van der Waals surface area (Å²) < 4.78 is 0. The van der Waals surface area contributed by atoms with Gasteiger partial charge in [-0.3, -0.25) is 0 Å². The molecule has 15 heavy (non-hydrogen) atoms. The summed E-state index contributed by atoms with van der Waals surface area (Å²) in [6.07, 6.45) is 13.2. The van der Waals surface area contributed by atoms with Crippen LogP contribution in [-0.4, -0.2) is 18.5 Å². The molecule has 0 amide bonds. The van der Waals surface area contributed by atoms with Gasteiger partial charge in [-0.2, -0.15) is 0 Å². The van der Waals surface area contributed by atoms with Crippen molar-refractivity contribution in [1.82, 2.24) is 0 Å². The molecule has 0 radical (unpaired) electrons. The van der Waals surface area contributed by atoms with Crippen molar-refractivity contribution >= 4 is 17.5 Å². The van der Waals surface area contributed by atoms with E-state index in [9.17, 15) is 0 Å². The molecule has 0 fully saturated rings. The van der Waals surface area contributed by atoms with E-state index in [1.165, 1.54) is 38.5 Å². The second-order valence-electron chi connectivity index (χ2n) is 3.90. The third kappa shape index (κ3) is 15.4. The third-order valence-electron chi connectivity index (χ3n) is 2.48. The number of unbranched alkanes of at least 4 members (excludes halogenated alkanes) is 3. The van der Waals surface area contributed by atoms with E-state index in [0.717, 1.165) is 0 Å². The van der Waals surface area contributed by atoms with Crippen LogP contribution in [0.2, 0.25) is 0 Å². The Morgan fingerprint density at radius 3 is 1.20 bits per heavy atom. The van der Waals surface area contributed by atoms with Crippen LogP contribution in [0.15, 0.2) is 0 Å². The number of rotatable bonds is 9. The van der Waals surface area contributed by atoms with E-state index < -0.39 is 0 Å².